The fourth-order valence-corrected chi connectivity index (χ4v) is 4.15. The second-order valence-corrected chi connectivity index (χ2v) is 7.22. The van der Waals surface area contributed by atoms with Gasteiger partial charge in [0.25, 0.3) is 0 Å². The molecule has 1 aromatic heterocycles. The van der Waals surface area contributed by atoms with Gasteiger partial charge >= 0.3 is 6.03 Å². The lowest BCUT2D eigenvalue weighted by molar-refractivity contribution is 0.0354. The molecule has 2 fully saturated rings. The number of nitrogens with one attached hydrogen (secondary N) is 2. The van der Waals surface area contributed by atoms with Crippen LogP contribution in [0.15, 0.2) is 10.8 Å². The zero-order chi connectivity index (χ0) is 16.8. The van der Waals surface area contributed by atoms with E-state index in [0.29, 0.717) is 6.54 Å². The van der Waals surface area contributed by atoms with Gasteiger partial charge in [0.1, 0.15) is 11.5 Å². The Labute approximate surface area is 144 Å². The lowest BCUT2D eigenvalue weighted by Gasteiger charge is -2.48. The van der Waals surface area contributed by atoms with E-state index >= 15 is 0 Å². The summed E-state index contributed by atoms with van der Waals surface area (Å²) >= 11 is 0. The second-order valence-electron chi connectivity index (χ2n) is 7.22. The van der Waals surface area contributed by atoms with Crippen LogP contribution in [-0.2, 0) is 6.54 Å². The summed E-state index contributed by atoms with van der Waals surface area (Å²) in [6.07, 6.45) is 11.6. The van der Waals surface area contributed by atoms with E-state index in [-0.39, 0.29) is 11.6 Å². The predicted octanol–water partition coefficient (Wildman–Crippen LogP) is 2.97. The number of carbonyl (C=O) groups excluding carboxylic acids is 1. The summed E-state index contributed by atoms with van der Waals surface area (Å²) in [7, 11) is 0. The van der Waals surface area contributed by atoms with Gasteiger partial charge < -0.3 is 15.1 Å². The summed E-state index contributed by atoms with van der Waals surface area (Å²) in [6.45, 7) is 5.37. The van der Waals surface area contributed by atoms with Crippen LogP contribution in [0.25, 0.3) is 0 Å². The molecule has 0 atom stereocenters. The third-order valence-corrected chi connectivity index (χ3v) is 5.65. The fraction of sp³-hybridized carbons (Fsp3) is 0.778. The van der Waals surface area contributed by atoms with Crippen LogP contribution in [0.1, 0.15) is 62.8 Å². The first-order valence-corrected chi connectivity index (χ1v) is 9.35. The minimum Gasteiger partial charge on any atom is -0.448 e. The Hall–Kier alpha value is -1.56. The maximum atomic E-state index is 12.2. The topological polar surface area (TPSA) is 70.4 Å². The molecule has 0 aromatic carbocycles. The van der Waals surface area contributed by atoms with E-state index in [1.807, 2.05) is 6.92 Å². The molecule has 1 saturated heterocycles. The van der Waals surface area contributed by atoms with Crippen LogP contribution in [0.2, 0.25) is 0 Å². The summed E-state index contributed by atoms with van der Waals surface area (Å²) in [5.41, 5.74) is 0.952. The van der Waals surface area contributed by atoms with Gasteiger partial charge in [0, 0.05) is 12.1 Å². The van der Waals surface area contributed by atoms with Gasteiger partial charge in [0.05, 0.1) is 6.54 Å². The highest BCUT2D eigenvalue weighted by molar-refractivity contribution is 5.73. The maximum Gasteiger partial charge on any atom is 0.315 e. The number of aryl methyl sites for hydroxylation is 1. The average Bonchev–Trinajstić information content (AvgIpc) is 3.05. The number of hydrogen-bond donors (Lipinski definition) is 2. The number of amides is 2. The molecule has 0 unspecified atom stereocenters. The molecule has 1 saturated carbocycles. The molecule has 6 heteroatoms. The van der Waals surface area contributed by atoms with Crippen molar-refractivity contribution in [3.05, 3.63) is 17.8 Å². The average molecular weight is 334 g/mol. The molecule has 2 N–H and O–H groups in total. The number of hydrogen-bond acceptors (Lipinski definition) is 4. The first kappa shape index (κ1) is 17.3. The van der Waals surface area contributed by atoms with E-state index < -0.39 is 0 Å². The number of likely N-dealkylation sites (tertiary alicyclic amines) is 1. The van der Waals surface area contributed by atoms with Crippen molar-refractivity contribution in [2.24, 2.45) is 0 Å². The van der Waals surface area contributed by atoms with Crippen molar-refractivity contribution in [1.82, 2.24) is 20.5 Å². The molecule has 2 heterocycles. The number of piperidine rings is 1. The predicted molar refractivity (Wildman–Crippen MR) is 92.7 cm³/mol. The quantitative estimate of drug-likeness (QED) is 0.868. The summed E-state index contributed by atoms with van der Waals surface area (Å²) in [6, 6.07) is -0.112. The third kappa shape index (κ3) is 4.09. The van der Waals surface area contributed by atoms with Crippen LogP contribution in [0, 0.1) is 6.92 Å². The van der Waals surface area contributed by atoms with E-state index in [0.717, 1.165) is 18.0 Å². The molecule has 24 heavy (non-hydrogen) atoms. The van der Waals surface area contributed by atoms with Gasteiger partial charge in [-0.3, -0.25) is 4.90 Å². The highest BCUT2D eigenvalue weighted by Gasteiger charge is 2.38. The van der Waals surface area contributed by atoms with Crippen LogP contribution >= 0.6 is 0 Å². The first-order chi connectivity index (χ1) is 11.7. The van der Waals surface area contributed by atoms with Gasteiger partial charge in [-0.15, -0.1) is 0 Å². The highest BCUT2D eigenvalue weighted by Crippen LogP contribution is 2.35. The minimum absolute atomic E-state index is 0.112. The van der Waals surface area contributed by atoms with Gasteiger partial charge in [-0.05, 0) is 45.7 Å². The molecule has 1 aromatic rings. The molecule has 2 amide bonds. The normalized spacial score (nSPS) is 21.4. The molecule has 1 aliphatic carbocycles. The van der Waals surface area contributed by atoms with Crippen molar-refractivity contribution in [2.75, 3.05) is 19.6 Å². The number of oxazole rings is 1. The van der Waals surface area contributed by atoms with Gasteiger partial charge in [-0.2, -0.15) is 0 Å². The Morgan fingerprint density at radius 1 is 1.17 bits per heavy atom. The molecule has 6 nitrogen and oxygen atoms in total. The Morgan fingerprint density at radius 2 is 1.88 bits per heavy atom. The Balaban J connectivity index is 1.53. The van der Waals surface area contributed by atoms with Crippen LogP contribution < -0.4 is 10.6 Å². The third-order valence-electron chi connectivity index (χ3n) is 5.65. The summed E-state index contributed by atoms with van der Waals surface area (Å²) in [4.78, 5) is 19.0. The second kappa shape index (κ2) is 8.01. The van der Waals surface area contributed by atoms with E-state index in [2.05, 4.69) is 20.5 Å². The molecule has 0 bridgehead atoms. The lowest BCUT2D eigenvalue weighted by atomic mass is 9.79. The number of nitrogens with zero attached hydrogens (tertiary/aromatic N) is 2. The molecule has 134 valence electrons. The molecule has 0 radical (unpaired) electrons. The first-order valence-electron chi connectivity index (χ1n) is 9.35. The molecule has 2 aliphatic rings. The Morgan fingerprint density at radius 3 is 2.54 bits per heavy atom. The summed E-state index contributed by atoms with van der Waals surface area (Å²) in [5.74, 6) is 0.757. The van der Waals surface area contributed by atoms with Crippen LogP contribution in [0.4, 0.5) is 4.79 Å². The van der Waals surface area contributed by atoms with E-state index in [1.54, 1.807) is 0 Å². The SMILES string of the molecule is Cc1ocnc1CNC(=O)NCC1(N2CCCCC2)CCCCC1. The van der Waals surface area contributed by atoms with Crippen LogP contribution in [0.5, 0.6) is 0 Å². The largest absolute Gasteiger partial charge is 0.448 e. The zero-order valence-electron chi connectivity index (χ0n) is 14.8. The van der Waals surface area contributed by atoms with Gasteiger partial charge in [0.2, 0.25) is 0 Å². The van der Waals surface area contributed by atoms with E-state index in [4.69, 9.17) is 4.42 Å². The van der Waals surface area contributed by atoms with Crippen LogP contribution in [-0.4, -0.2) is 41.1 Å². The van der Waals surface area contributed by atoms with Crippen molar-refractivity contribution in [1.29, 1.82) is 0 Å². The zero-order valence-corrected chi connectivity index (χ0v) is 14.8. The van der Waals surface area contributed by atoms with Crippen LogP contribution in [0.3, 0.4) is 0 Å². The molecule has 1 aliphatic heterocycles. The number of rotatable bonds is 5. The monoisotopic (exact) mass is 334 g/mol. The molecular formula is C18H30N4O2. The van der Waals surface area contributed by atoms with Crippen molar-refractivity contribution in [3.63, 3.8) is 0 Å². The maximum absolute atomic E-state index is 12.2. The van der Waals surface area contributed by atoms with E-state index in [9.17, 15) is 4.79 Å². The standard InChI is InChI=1S/C18H30N4O2/c1-15-16(21-14-24-15)12-19-17(23)20-13-18(8-4-2-5-9-18)22-10-6-3-7-11-22/h14H,2-13H2,1H3,(H2,19,20,23). The summed E-state index contributed by atoms with van der Waals surface area (Å²) < 4.78 is 5.16. The minimum atomic E-state index is -0.112. The number of aromatic nitrogens is 1. The van der Waals surface area contributed by atoms with Gasteiger partial charge in [0.15, 0.2) is 6.39 Å². The molecule has 0 spiro atoms. The van der Waals surface area contributed by atoms with E-state index in [1.165, 1.54) is 70.8 Å². The lowest BCUT2D eigenvalue weighted by Crippen LogP contribution is -2.58. The number of urea groups is 1. The fourth-order valence-electron chi connectivity index (χ4n) is 4.15. The smallest absolute Gasteiger partial charge is 0.315 e. The van der Waals surface area contributed by atoms with Crippen molar-refractivity contribution in [3.8, 4) is 0 Å². The Bertz CT molecular complexity index is 531. The number of carbonyl (C=O) groups is 1. The Kier molecular flexibility index (Phi) is 5.76. The van der Waals surface area contributed by atoms with Crippen molar-refractivity contribution < 1.29 is 9.21 Å². The highest BCUT2D eigenvalue weighted by atomic mass is 16.3. The van der Waals surface area contributed by atoms with Gasteiger partial charge in [-0.25, -0.2) is 9.78 Å². The summed E-state index contributed by atoms with van der Waals surface area (Å²) in [5, 5.41) is 6.02. The molecule has 3 rings (SSSR count). The van der Waals surface area contributed by atoms with Gasteiger partial charge in [-0.1, -0.05) is 25.7 Å². The van der Waals surface area contributed by atoms with Crippen molar-refractivity contribution in [2.45, 2.75) is 70.4 Å². The van der Waals surface area contributed by atoms with Crippen molar-refractivity contribution >= 4 is 6.03 Å². The molecular weight excluding hydrogens is 304 g/mol.